The van der Waals surface area contributed by atoms with Gasteiger partial charge in [0.2, 0.25) is 0 Å². The largest absolute Gasteiger partial charge is 0.467 e. The lowest BCUT2D eigenvalue weighted by Gasteiger charge is -2.31. The number of nitrogens with zero attached hydrogens (tertiary/aromatic N) is 5. The van der Waals surface area contributed by atoms with Crippen LogP contribution >= 0.6 is 0 Å². The highest BCUT2D eigenvalue weighted by molar-refractivity contribution is 6.01. The zero-order valence-corrected chi connectivity index (χ0v) is 23.1. The maximum atomic E-state index is 15.9. The molecule has 3 saturated heterocycles. The average Bonchev–Trinajstić information content (AvgIpc) is 3.58. The van der Waals surface area contributed by atoms with E-state index in [1.165, 1.54) is 20.0 Å². The van der Waals surface area contributed by atoms with Crippen LogP contribution in [0.2, 0.25) is 0 Å². The van der Waals surface area contributed by atoms with E-state index >= 15 is 4.39 Å². The first-order valence-corrected chi connectivity index (χ1v) is 14.2. The molecule has 3 aliphatic heterocycles. The van der Waals surface area contributed by atoms with Crippen molar-refractivity contribution in [3.8, 4) is 29.6 Å². The summed E-state index contributed by atoms with van der Waals surface area (Å²) in [6.45, 7) is 3.07. The van der Waals surface area contributed by atoms with E-state index in [4.69, 9.17) is 11.2 Å². The van der Waals surface area contributed by atoms with E-state index in [1.54, 1.807) is 6.20 Å². The van der Waals surface area contributed by atoms with Crippen molar-refractivity contribution in [2.24, 2.45) is 0 Å². The number of aliphatic hydroxyl groups is 1. The van der Waals surface area contributed by atoms with Gasteiger partial charge in [0.05, 0.1) is 18.6 Å². The fourth-order valence-electron chi connectivity index (χ4n) is 6.30. The number of alkyl halides is 1. The van der Waals surface area contributed by atoms with Crippen molar-refractivity contribution < 1.29 is 18.6 Å². The highest BCUT2D eigenvalue weighted by atomic mass is 19.1. The number of aliphatic hydroxyl groups excluding tert-OH is 1. The Bertz CT molecular complexity index is 1600. The number of piperidine rings is 1. The second-order valence-corrected chi connectivity index (χ2v) is 10.9. The third-order valence-corrected chi connectivity index (χ3v) is 8.37. The highest BCUT2D eigenvalue weighted by Crippen LogP contribution is 2.36. The second-order valence-electron chi connectivity index (χ2n) is 10.9. The first kappa shape index (κ1) is 27.3. The molecule has 41 heavy (non-hydrogen) atoms. The Labute approximate surface area is 238 Å². The Morgan fingerprint density at radius 1 is 1.07 bits per heavy atom. The Kier molecular flexibility index (Phi) is 7.69. The van der Waals surface area contributed by atoms with Crippen LogP contribution in [0.25, 0.3) is 32.9 Å². The lowest BCUT2D eigenvalue weighted by atomic mass is 9.96. The second kappa shape index (κ2) is 11.6. The van der Waals surface area contributed by atoms with Gasteiger partial charge in [0.1, 0.15) is 23.2 Å². The van der Waals surface area contributed by atoms with E-state index in [1.807, 2.05) is 41.3 Å². The van der Waals surface area contributed by atoms with E-state index in [2.05, 4.69) is 25.8 Å². The molecule has 0 spiro atoms. The minimum Gasteiger partial charge on any atom is -0.467 e. The number of hydrogen-bond donors (Lipinski definition) is 1. The number of terminal acetylenes is 1. The molecule has 2 unspecified atom stereocenters. The predicted octanol–water partition coefficient (Wildman–Crippen LogP) is 5.13. The average molecular weight is 558 g/mol. The molecule has 7 nitrogen and oxygen atoms in total. The van der Waals surface area contributed by atoms with Crippen LogP contribution in [0.5, 0.6) is 6.01 Å². The molecule has 3 aliphatic rings. The molecule has 9 heteroatoms. The number of benzene rings is 2. The van der Waals surface area contributed by atoms with Crippen molar-refractivity contribution >= 4 is 27.5 Å². The quantitative estimate of drug-likeness (QED) is 0.350. The van der Waals surface area contributed by atoms with Crippen LogP contribution in [-0.2, 0) is 0 Å². The van der Waals surface area contributed by atoms with E-state index in [-0.39, 0.29) is 23.3 Å². The monoisotopic (exact) mass is 557 g/mol. The molecule has 2 aromatic carbocycles. The van der Waals surface area contributed by atoms with Gasteiger partial charge in [-0.2, -0.15) is 9.97 Å². The number of pyridine rings is 1. The smallest absolute Gasteiger partial charge is 0.318 e. The topological polar surface area (TPSA) is 74.6 Å². The van der Waals surface area contributed by atoms with Gasteiger partial charge in [0, 0.05) is 48.4 Å². The molecular weight excluding hydrogens is 524 g/mol. The standard InChI is InChI=1S/C25H21FN4O2.C7H12FN/c1-3-15-6-4-7-16-8-5-9-18(20(15)16)22-21(26)23-19(14-27-22)24(29-25(28-23)32-2)30-12-10-17(31)11-13-30;8-6-4-7-2-1-3-9(7)5-6/h1,4-9,14,17,31H,10-13H2,2H3;6-7H,1-5H2. The maximum absolute atomic E-state index is 15.9. The first-order valence-electron chi connectivity index (χ1n) is 14.2. The number of halogens is 2. The summed E-state index contributed by atoms with van der Waals surface area (Å²) >= 11 is 0. The summed E-state index contributed by atoms with van der Waals surface area (Å²) in [6.07, 6.45) is 11.0. The molecule has 0 radical (unpaired) electrons. The lowest BCUT2D eigenvalue weighted by molar-refractivity contribution is 0.145. The van der Waals surface area contributed by atoms with Gasteiger partial charge in [0.15, 0.2) is 5.82 Å². The summed E-state index contributed by atoms with van der Waals surface area (Å²) < 4.78 is 33.8. The molecule has 0 bridgehead atoms. The van der Waals surface area contributed by atoms with Crippen LogP contribution in [-0.4, -0.2) is 76.6 Å². The van der Waals surface area contributed by atoms with Gasteiger partial charge in [-0.15, -0.1) is 6.42 Å². The van der Waals surface area contributed by atoms with Crippen molar-refractivity contribution in [3.05, 3.63) is 54.0 Å². The summed E-state index contributed by atoms with van der Waals surface area (Å²) in [4.78, 5) is 17.6. The number of aromatic nitrogens is 3. The van der Waals surface area contributed by atoms with E-state index in [9.17, 15) is 9.50 Å². The van der Waals surface area contributed by atoms with Crippen LogP contribution in [0.4, 0.5) is 14.6 Å². The number of anilines is 1. The zero-order valence-electron chi connectivity index (χ0n) is 23.1. The first-order chi connectivity index (χ1) is 20.0. The molecule has 5 heterocycles. The van der Waals surface area contributed by atoms with Crippen molar-refractivity contribution in [3.63, 3.8) is 0 Å². The summed E-state index contributed by atoms with van der Waals surface area (Å²) in [7, 11) is 1.45. The van der Waals surface area contributed by atoms with Crippen molar-refractivity contribution in [1.29, 1.82) is 0 Å². The molecule has 4 aromatic rings. The molecule has 212 valence electrons. The van der Waals surface area contributed by atoms with Crippen LogP contribution < -0.4 is 9.64 Å². The van der Waals surface area contributed by atoms with E-state index in [0.29, 0.717) is 60.8 Å². The fourth-order valence-corrected chi connectivity index (χ4v) is 6.30. The van der Waals surface area contributed by atoms with Crippen LogP contribution in [0.15, 0.2) is 42.6 Å². The van der Waals surface area contributed by atoms with Crippen molar-refractivity contribution in [2.45, 2.75) is 50.4 Å². The highest BCUT2D eigenvalue weighted by Gasteiger charge is 2.34. The third kappa shape index (κ3) is 5.30. The SMILES string of the molecule is C#Cc1cccc2cccc(-c3ncc4c(N5CCC(O)CC5)nc(OC)nc4c3F)c12.FC1CC2CCCN2C1. The molecule has 7 rings (SSSR count). The van der Waals surface area contributed by atoms with Gasteiger partial charge in [-0.3, -0.25) is 9.88 Å². The summed E-state index contributed by atoms with van der Waals surface area (Å²) in [6, 6.07) is 11.9. The number of fused-ring (bicyclic) bond motifs is 3. The molecule has 1 N–H and O–H groups in total. The van der Waals surface area contributed by atoms with Crippen molar-refractivity contribution in [1.82, 2.24) is 19.9 Å². The Morgan fingerprint density at radius 3 is 2.59 bits per heavy atom. The minimum atomic E-state index is -0.555. The molecular formula is C32H33F2N5O2. The third-order valence-electron chi connectivity index (χ3n) is 8.37. The van der Waals surface area contributed by atoms with Gasteiger partial charge in [-0.25, -0.2) is 8.78 Å². The number of ether oxygens (including phenoxy) is 1. The number of hydrogen-bond acceptors (Lipinski definition) is 7. The van der Waals surface area contributed by atoms with Gasteiger partial charge in [0.25, 0.3) is 0 Å². The summed E-state index contributed by atoms with van der Waals surface area (Å²) in [5, 5.41) is 12.0. The Hall–Kier alpha value is -3.87. The van der Waals surface area contributed by atoms with Gasteiger partial charge >= 0.3 is 6.01 Å². The van der Waals surface area contributed by atoms with Crippen LogP contribution in [0.1, 0.15) is 37.7 Å². The maximum Gasteiger partial charge on any atom is 0.318 e. The molecule has 2 aromatic heterocycles. The fraction of sp³-hybridized carbons (Fsp3) is 0.406. The van der Waals surface area contributed by atoms with Crippen molar-refractivity contribution in [2.75, 3.05) is 38.2 Å². The van der Waals surface area contributed by atoms with E-state index in [0.717, 1.165) is 23.7 Å². The van der Waals surface area contributed by atoms with Crippen LogP contribution in [0, 0.1) is 18.2 Å². The molecule has 2 atom stereocenters. The molecule has 0 aliphatic carbocycles. The number of rotatable bonds is 3. The normalized spacial score (nSPS) is 21.0. The predicted molar refractivity (Wildman–Crippen MR) is 156 cm³/mol. The lowest BCUT2D eigenvalue weighted by Crippen LogP contribution is -2.36. The molecule has 0 saturated carbocycles. The van der Waals surface area contributed by atoms with Crippen LogP contribution in [0.3, 0.4) is 0 Å². The Morgan fingerprint density at radius 2 is 1.85 bits per heavy atom. The van der Waals surface area contributed by atoms with Gasteiger partial charge in [-0.05, 0) is 50.1 Å². The summed E-state index contributed by atoms with van der Waals surface area (Å²) in [5.41, 5.74) is 1.59. The van der Waals surface area contributed by atoms with Gasteiger partial charge in [-0.1, -0.05) is 36.3 Å². The Balaban J connectivity index is 0.000000283. The summed E-state index contributed by atoms with van der Waals surface area (Å²) in [5.74, 6) is 2.69. The number of methoxy groups -OCH3 is 1. The molecule has 3 fully saturated rings. The van der Waals surface area contributed by atoms with Gasteiger partial charge < -0.3 is 14.7 Å². The zero-order chi connectivity index (χ0) is 28.5. The van der Waals surface area contributed by atoms with E-state index < -0.39 is 12.0 Å². The molecule has 0 amide bonds. The minimum absolute atomic E-state index is 0.0805.